The summed E-state index contributed by atoms with van der Waals surface area (Å²) >= 11 is 12.2. The molecule has 0 radical (unpaired) electrons. The zero-order chi connectivity index (χ0) is 29.9. The Labute approximate surface area is 240 Å². The second-order valence-corrected chi connectivity index (χ2v) is 9.69. The summed E-state index contributed by atoms with van der Waals surface area (Å²) < 4.78 is 101. The van der Waals surface area contributed by atoms with E-state index in [4.69, 9.17) is 27.9 Å². The van der Waals surface area contributed by atoms with E-state index in [1.807, 2.05) is 0 Å². The average molecular weight is 618 g/mol. The number of benzene rings is 4. The van der Waals surface area contributed by atoms with Crippen LogP contribution in [0, 0.1) is 5.82 Å². The van der Waals surface area contributed by atoms with Crippen LogP contribution < -0.4 is 9.64 Å². The van der Waals surface area contributed by atoms with Crippen molar-refractivity contribution < 1.29 is 40.6 Å². The number of aliphatic hydroxyl groups excluding tert-OH is 1. The van der Waals surface area contributed by atoms with Crippen molar-refractivity contribution in [2.75, 3.05) is 11.5 Å². The van der Waals surface area contributed by atoms with E-state index in [2.05, 4.69) is 0 Å². The molecule has 0 bridgehead atoms. The molecule has 4 aromatic rings. The SMILES string of the molecule is OCC(c1cccc(C(F)(F)F)c1)N(Cc1cc(C(F)(F)F)ccc1F)c1cccc(Oc2cccc(Cl)c2Cl)c1. The lowest BCUT2D eigenvalue weighted by atomic mass is 10.0. The van der Waals surface area contributed by atoms with E-state index >= 15 is 0 Å². The van der Waals surface area contributed by atoms with Gasteiger partial charge in [-0.15, -0.1) is 0 Å². The Morgan fingerprint density at radius 2 is 1.44 bits per heavy atom. The fourth-order valence-electron chi connectivity index (χ4n) is 4.16. The summed E-state index contributed by atoms with van der Waals surface area (Å²) in [6.45, 7) is -1.30. The topological polar surface area (TPSA) is 32.7 Å². The van der Waals surface area contributed by atoms with Gasteiger partial charge in [-0.05, 0) is 60.2 Å². The molecule has 1 N–H and O–H groups in total. The number of nitrogens with zero attached hydrogens (tertiary/aromatic N) is 1. The first kappa shape index (κ1) is 30.5. The van der Waals surface area contributed by atoms with Crippen LogP contribution in [0.2, 0.25) is 10.0 Å². The predicted octanol–water partition coefficient (Wildman–Crippen LogP) is 9.70. The van der Waals surface area contributed by atoms with Gasteiger partial charge in [-0.1, -0.05) is 47.5 Å². The largest absolute Gasteiger partial charge is 0.456 e. The summed E-state index contributed by atoms with van der Waals surface area (Å²) in [5, 5.41) is 10.7. The van der Waals surface area contributed by atoms with Crippen molar-refractivity contribution in [1.29, 1.82) is 0 Å². The third-order valence-corrected chi connectivity index (χ3v) is 6.96. The molecule has 0 saturated heterocycles. The van der Waals surface area contributed by atoms with Crippen LogP contribution in [0.1, 0.15) is 28.3 Å². The van der Waals surface area contributed by atoms with E-state index in [0.717, 1.165) is 18.2 Å². The maximum atomic E-state index is 14.8. The van der Waals surface area contributed by atoms with Crippen LogP contribution in [0.5, 0.6) is 11.5 Å². The minimum absolute atomic E-state index is 0.00100. The molecular formula is C29H20Cl2F7NO2. The molecular weight excluding hydrogens is 598 g/mol. The fourth-order valence-corrected chi connectivity index (χ4v) is 4.49. The van der Waals surface area contributed by atoms with E-state index < -0.39 is 54.1 Å². The standard InChI is InChI=1S/C29H20Cl2F7NO2/c30-23-8-3-9-26(27(23)31)41-22-7-2-6-21(14-22)39(15-18-13-20(29(36,37)38)10-11-24(18)32)25(16-40)17-4-1-5-19(12-17)28(33,34)35/h1-14,25,40H,15-16H2. The van der Waals surface area contributed by atoms with Gasteiger partial charge in [0.25, 0.3) is 0 Å². The third-order valence-electron chi connectivity index (χ3n) is 6.15. The molecule has 0 heterocycles. The molecule has 0 fully saturated rings. The normalized spacial score (nSPS) is 12.7. The number of aliphatic hydroxyl groups is 1. The molecule has 1 unspecified atom stereocenters. The molecule has 0 spiro atoms. The van der Waals surface area contributed by atoms with Gasteiger partial charge in [-0.25, -0.2) is 4.39 Å². The minimum Gasteiger partial charge on any atom is -0.456 e. The maximum Gasteiger partial charge on any atom is 0.416 e. The lowest BCUT2D eigenvalue weighted by Gasteiger charge is -2.34. The van der Waals surface area contributed by atoms with E-state index in [0.29, 0.717) is 18.2 Å². The molecule has 4 aromatic carbocycles. The van der Waals surface area contributed by atoms with Gasteiger partial charge in [0, 0.05) is 23.9 Å². The third kappa shape index (κ3) is 7.25. The summed E-state index contributed by atoms with van der Waals surface area (Å²) in [5.74, 6) is -0.605. The molecule has 0 saturated carbocycles. The van der Waals surface area contributed by atoms with Crippen molar-refractivity contribution in [1.82, 2.24) is 0 Å². The molecule has 0 aliphatic rings. The Kier molecular flexibility index (Phi) is 9.06. The van der Waals surface area contributed by atoms with Gasteiger partial charge in [0.05, 0.1) is 28.8 Å². The number of alkyl halides is 6. The Balaban J connectivity index is 1.82. The van der Waals surface area contributed by atoms with Crippen LogP contribution in [0.4, 0.5) is 36.4 Å². The second kappa shape index (κ2) is 12.2. The highest BCUT2D eigenvalue weighted by Gasteiger charge is 2.33. The van der Waals surface area contributed by atoms with Gasteiger partial charge in [0.1, 0.15) is 22.3 Å². The summed E-state index contributed by atoms with van der Waals surface area (Å²) in [6.07, 6.45) is -9.47. The predicted molar refractivity (Wildman–Crippen MR) is 142 cm³/mol. The molecule has 1 atom stereocenters. The number of halogens is 9. The quantitative estimate of drug-likeness (QED) is 0.200. The van der Waals surface area contributed by atoms with Crippen molar-refractivity contribution in [3.05, 3.63) is 123 Å². The first-order valence-electron chi connectivity index (χ1n) is 11.9. The monoisotopic (exact) mass is 617 g/mol. The van der Waals surface area contributed by atoms with Gasteiger partial charge in [-0.2, -0.15) is 26.3 Å². The van der Waals surface area contributed by atoms with E-state index in [1.165, 1.54) is 41.3 Å². The van der Waals surface area contributed by atoms with Crippen LogP contribution in [-0.2, 0) is 18.9 Å². The van der Waals surface area contributed by atoms with E-state index in [-0.39, 0.29) is 32.8 Å². The van der Waals surface area contributed by atoms with Gasteiger partial charge < -0.3 is 14.7 Å². The van der Waals surface area contributed by atoms with E-state index in [9.17, 15) is 35.8 Å². The molecule has 0 aromatic heterocycles. The highest BCUT2D eigenvalue weighted by molar-refractivity contribution is 6.42. The lowest BCUT2D eigenvalue weighted by Crippen LogP contribution is -2.31. The highest BCUT2D eigenvalue weighted by atomic mass is 35.5. The highest BCUT2D eigenvalue weighted by Crippen LogP contribution is 2.39. The number of anilines is 1. The molecule has 0 aliphatic carbocycles. The molecule has 3 nitrogen and oxygen atoms in total. The summed E-state index contributed by atoms with van der Waals surface area (Å²) in [5.41, 5.74) is -2.30. The molecule has 0 aliphatic heterocycles. The molecule has 4 rings (SSSR count). The Morgan fingerprint density at radius 1 is 0.780 bits per heavy atom. The Morgan fingerprint density at radius 3 is 2.12 bits per heavy atom. The van der Waals surface area contributed by atoms with Crippen molar-refractivity contribution in [3.8, 4) is 11.5 Å². The van der Waals surface area contributed by atoms with Crippen molar-refractivity contribution >= 4 is 28.9 Å². The van der Waals surface area contributed by atoms with Crippen LogP contribution in [0.15, 0.2) is 84.9 Å². The van der Waals surface area contributed by atoms with Gasteiger partial charge in [0.2, 0.25) is 0 Å². The van der Waals surface area contributed by atoms with Crippen LogP contribution in [0.25, 0.3) is 0 Å². The van der Waals surface area contributed by atoms with Crippen LogP contribution in [0.3, 0.4) is 0 Å². The van der Waals surface area contributed by atoms with Crippen LogP contribution in [-0.4, -0.2) is 11.7 Å². The lowest BCUT2D eigenvalue weighted by molar-refractivity contribution is -0.138. The fraction of sp³-hybridized carbons (Fsp3) is 0.172. The maximum absolute atomic E-state index is 14.8. The first-order chi connectivity index (χ1) is 19.3. The van der Waals surface area contributed by atoms with E-state index in [1.54, 1.807) is 12.1 Å². The number of hydrogen-bond donors (Lipinski definition) is 1. The molecule has 41 heavy (non-hydrogen) atoms. The molecule has 216 valence electrons. The summed E-state index contributed by atoms with van der Waals surface area (Å²) in [4.78, 5) is 1.29. The van der Waals surface area contributed by atoms with Crippen molar-refractivity contribution in [3.63, 3.8) is 0 Å². The second-order valence-electron chi connectivity index (χ2n) is 8.90. The van der Waals surface area contributed by atoms with Gasteiger partial charge >= 0.3 is 12.4 Å². The number of ether oxygens (including phenoxy) is 1. The zero-order valence-corrected chi connectivity index (χ0v) is 22.3. The van der Waals surface area contributed by atoms with Gasteiger partial charge in [0.15, 0.2) is 0 Å². The smallest absolute Gasteiger partial charge is 0.416 e. The van der Waals surface area contributed by atoms with Crippen molar-refractivity contribution in [2.45, 2.75) is 24.9 Å². The van der Waals surface area contributed by atoms with Crippen LogP contribution >= 0.6 is 23.2 Å². The zero-order valence-electron chi connectivity index (χ0n) is 20.8. The minimum atomic E-state index is -4.77. The molecule has 12 heteroatoms. The summed E-state index contributed by atoms with van der Waals surface area (Å²) in [7, 11) is 0. The summed E-state index contributed by atoms with van der Waals surface area (Å²) in [6, 6.07) is 15.4. The Bertz CT molecular complexity index is 1530. The van der Waals surface area contributed by atoms with Crippen molar-refractivity contribution in [2.24, 2.45) is 0 Å². The number of hydrogen-bond acceptors (Lipinski definition) is 3. The van der Waals surface area contributed by atoms with Gasteiger partial charge in [-0.3, -0.25) is 0 Å². The first-order valence-corrected chi connectivity index (χ1v) is 12.7. The Hall–Kier alpha value is -3.47. The average Bonchev–Trinajstić information content (AvgIpc) is 2.91. The molecule has 0 amide bonds. The number of rotatable bonds is 8.